The zero-order chi connectivity index (χ0) is 11.8. The molecular weight excluding hydrogens is 206 g/mol. The fourth-order valence-electron chi connectivity index (χ4n) is 1.13. The molecule has 0 amide bonds. The Hall–Kier alpha value is -1.33. The van der Waals surface area contributed by atoms with Crippen LogP contribution in [0.2, 0.25) is 0 Å². The van der Waals surface area contributed by atoms with Crippen molar-refractivity contribution >= 4 is 11.5 Å². The molecule has 0 bridgehead atoms. The molecule has 5 nitrogen and oxygen atoms in total. The lowest BCUT2D eigenvalue weighted by Crippen LogP contribution is -2.12. The van der Waals surface area contributed by atoms with Crippen molar-refractivity contribution in [1.82, 2.24) is 4.98 Å². The normalized spacial score (nSPS) is 10.4. The number of nitrogens with one attached hydrogen (secondary N) is 1. The monoisotopic (exact) mass is 225 g/mol. The predicted molar refractivity (Wildman–Crippen MR) is 64.6 cm³/mol. The lowest BCUT2D eigenvalue weighted by Gasteiger charge is -2.07. The molecule has 0 aromatic carbocycles. The molecule has 1 aromatic rings. The minimum Gasteiger partial charge on any atom is -0.398 e. The van der Waals surface area contributed by atoms with Crippen LogP contribution in [0.25, 0.3) is 0 Å². The molecule has 0 saturated heterocycles. The number of aryl methyl sites for hydroxylation is 1. The number of hydrogen-bond donors (Lipinski definition) is 2. The first-order valence-electron chi connectivity index (χ1n) is 5.26. The summed E-state index contributed by atoms with van der Waals surface area (Å²) in [5, 5.41) is 3.13. The maximum atomic E-state index is 5.76. The summed E-state index contributed by atoms with van der Waals surface area (Å²) in [6, 6.07) is 1.82. The Morgan fingerprint density at radius 3 is 2.88 bits per heavy atom. The summed E-state index contributed by atoms with van der Waals surface area (Å²) in [5.41, 5.74) is 7.50. The van der Waals surface area contributed by atoms with Crippen LogP contribution in [0.5, 0.6) is 0 Å². The number of ether oxygens (including phenoxy) is 2. The molecule has 0 radical (unpaired) electrons. The van der Waals surface area contributed by atoms with E-state index >= 15 is 0 Å². The largest absolute Gasteiger partial charge is 0.398 e. The molecule has 0 unspecified atom stereocenters. The van der Waals surface area contributed by atoms with Crippen LogP contribution >= 0.6 is 0 Å². The van der Waals surface area contributed by atoms with Crippen molar-refractivity contribution in [3.63, 3.8) is 0 Å². The van der Waals surface area contributed by atoms with Crippen molar-refractivity contribution in [1.29, 1.82) is 0 Å². The van der Waals surface area contributed by atoms with Crippen molar-refractivity contribution in [2.75, 3.05) is 44.5 Å². The van der Waals surface area contributed by atoms with E-state index in [0.717, 1.165) is 17.1 Å². The summed E-state index contributed by atoms with van der Waals surface area (Å²) in [6.07, 6.45) is 1.75. The number of aromatic nitrogens is 1. The highest BCUT2D eigenvalue weighted by molar-refractivity contribution is 5.53. The van der Waals surface area contributed by atoms with Gasteiger partial charge in [-0.2, -0.15) is 0 Å². The minimum atomic E-state index is 0.613. The van der Waals surface area contributed by atoms with Crippen LogP contribution < -0.4 is 11.1 Å². The Labute approximate surface area is 96.0 Å². The van der Waals surface area contributed by atoms with Crippen LogP contribution in [-0.4, -0.2) is 38.5 Å². The van der Waals surface area contributed by atoms with E-state index in [4.69, 9.17) is 15.2 Å². The number of nitrogen functional groups attached to an aromatic ring is 1. The summed E-state index contributed by atoms with van der Waals surface area (Å²) < 4.78 is 10.2. The van der Waals surface area contributed by atoms with Gasteiger partial charge in [0.1, 0.15) is 5.82 Å². The van der Waals surface area contributed by atoms with Gasteiger partial charge in [0.15, 0.2) is 0 Å². The average Bonchev–Trinajstić information content (AvgIpc) is 2.28. The Balaban J connectivity index is 2.19. The highest BCUT2D eigenvalue weighted by atomic mass is 16.5. The van der Waals surface area contributed by atoms with Crippen molar-refractivity contribution in [2.24, 2.45) is 0 Å². The highest BCUT2D eigenvalue weighted by Crippen LogP contribution is 2.12. The third kappa shape index (κ3) is 4.46. The topological polar surface area (TPSA) is 69.4 Å². The molecule has 0 atom stereocenters. The van der Waals surface area contributed by atoms with Crippen molar-refractivity contribution < 1.29 is 9.47 Å². The van der Waals surface area contributed by atoms with Crippen LogP contribution in [0, 0.1) is 6.92 Å². The summed E-state index contributed by atoms with van der Waals surface area (Å²) in [5.74, 6) is 0.776. The Morgan fingerprint density at radius 1 is 1.38 bits per heavy atom. The number of nitrogens with zero attached hydrogens (tertiary/aromatic N) is 1. The predicted octanol–water partition coefficient (Wildman–Crippen LogP) is 1.05. The van der Waals surface area contributed by atoms with Gasteiger partial charge in [-0.25, -0.2) is 4.98 Å². The molecule has 0 aliphatic carbocycles. The second kappa shape index (κ2) is 7.03. The van der Waals surface area contributed by atoms with E-state index in [0.29, 0.717) is 26.4 Å². The van der Waals surface area contributed by atoms with Gasteiger partial charge < -0.3 is 20.5 Å². The van der Waals surface area contributed by atoms with Gasteiger partial charge in [-0.15, -0.1) is 0 Å². The zero-order valence-corrected chi connectivity index (χ0v) is 9.82. The van der Waals surface area contributed by atoms with E-state index in [1.54, 1.807) is 13.3 Å². The molecule has 5 heteroatoms. The van der Waals surface area contributed by atoms with Gasteiger partial charge in [0.2, 0.25) is 0 Å². The number of hydrogen-bond acceptors (Lipinski definition) is 5. The summed E-state index contributed by atoms with van der Waals surface area (Å²) in [7, 11) is 1.65. The van der Waals surface area contributed by atoms with Crippen LogP contribution in [0.3, 0.4) is 0 Å². The van der Waals surface area contributed by atoms with Gasteiger partial charge in [-0.3, -0.25) is 0 Å². The molecular formula is C11H19N3O2. The van der Waals surface area contributed by atoms with Gasteiger partial charge in [-0.1, -0.05) is 0 Å². The summed E-state index contributed by atoms with van der Waals surface area (Å²) in [4.78, 5) is 4.20. The Kier molecular flexibility index (Phi) is 5.60. The fraction of sp³-hybridized carbons (Fsp3) is 0.545. The molecule has 1 rings (SSSR count). The third-order valence-corrected chi connectivity index (χ3v) is 2.13. The SMILES string of the molecule is COCCOCCNc1cc(N)c(C)cn1. The van der Waals surface area contributed by atoms with E-state index in [-0.39, 0.29) is 0 Å². The molecule has 0 spiro atoms. The minimum absolute atomic E-state index is 0.613. The van der Waals surface area contributed by atoms with Gasteiger partial charge in [0, 0.05) is 31.6 Å². The van der Waals surface area contributed by atoms with E-state index in [2.05, 4.69) is 10.3 Å². The number of pyridine rings is 1. The van der Waals surface area contributed by atoms with Gasteiger partial charge in [0.05, 0.1) is 19.8 Å². The van der Waals surface area contributed by atoms with E-state index < -0.39 is 0 Å². The molecule has 0 fully saturated rings. The Morgan fingerprint density at radius 2 is 2.19 bits per heavy atom. The van der Waals surface area contributed by atoms with Crippen molar-refractivity contribution in [3.05, 3.63) is 17.8 Å². The van der Waals surface area contributed by atoms with E-state index in [1.807, 2.05) is 13.0 Å². The number of nitrogens with two attached hydrogens (primary N) is 1. The van der Waals surface area contributed by atoms with Crippen LogP contribution in [-0.2, 0) is 9.47 Å². The van der Waals surface area contributed by atoms with Crippen molar-refractivity contribution in [2.45, 2.75) is 6.92 Å². The zero-order valence-electron chi connectivity index (χ0n) is 9.82. The standard InChI is InChI=1S/C11H19N3O2/c1-9-8-14-11(7-10(9)12)13-3-4-16-6-5-15-2/h7-8H,3-6H2,1-2H3,(H3,12,13,14). The molecule has 16 heavy (non-hydrogen) atoms. The maximum absolute atomic E-state index is 5.76. The van der Waals surface area contributed by atoms with Crippen LogP contribution in [0.1, 0.15) is 5.56 Å². The first-order valence-corrected chi connectivity index (χ1v) is 5.26. The second-order valence-electron chi connectivity index (χ2n) is 3.46. The van der Waals surface area contributed by atoms with Crippen LogP contribution in [0.15, 0.2) is 12.3 Å². The molecule has 1 aromatic heterocycles. The molecule has 0 aliphatic rings. The average molecular weight is 225 g/mol. The number of anilines is 2. The van der Waals surface area contributed by atoms with Gasteiger partial charge in [-0.05, 0) is 12.5 Å². The number of rotatable bonds is 7. The molecule has 3 N–H and O–H groups in total. The van der Waals surface area contributed by atoms with Gasteiger partial charge >= 0.3 is 0 Å². The maximum Gasteiger partial charge on any atom is 0.128 e. The van der Waals surface area contributed by atoms with E-state index in [9.17, 15) is 0 Å². The van der Waals surface area contributed by atoms with Gasteiger partial charge in [0.25, 0.3) is 0 Å². The lowest BCUT2D eigenvalue weighted by molar-refractivity contribution is 0.0759. The first-order chi connectivity index (χ1) is 7.74. The molecule has 90 valence electrons. The quantitative estimate of drug-likeness (QED) is 0.679. The van der Waals surface area contributed by atoms with E-state index in [1.165, 1.54) is 0 Å². The lowest BCUT2D eigenvalue weighted by atomic mass is 10.2. The Bertz CT molecular complexity index is 318. The molecule has 0 saturated carbocycles. The summed E-state index contributed by atoms with van der Waals surface area (Å²) in [6.45, 7) is 4.50. The second-order valence-corrected chi connectivity index (χ2v) is 3.46. The van der Waals surface area contributed by atoms with Crippen LogP contribution in [0.4, 0.5) is 11.5 Å². The summed E-state index contributed by atoms with van der Waals surface area (Å²) >= 11 is 0. The smallest absolute Gasteiger partial charge is 0.128 e. The highest BCUT2D eigenvalue weighted by Gasteiger charge is 1.97. The number of methoxy groups -OCH3 is 1. The molecule has 1 heterocycles. The van der Waals surface area contributed by atoms with Crippen molar-refractivity contribution in [3.8, 4) is 0 Å². The first kappa shape index (κ1) is 12.7. The molecule has 0 aliphatic heterocycles. The fourth-order valence-corrected chi connectivity index (χ4v) is 1.13. The third-order valence-electron chi connectivity index (χ3n) is 2.13.